The number of aryl methyl sites for hydroxylation is 1. The SMILES string of the molecule is COc1ccc(CNc2cc(C(=O)c3ncc(N4CCC5(CCC[C@H]5N[C@H](C)c5ccc(OC)cc5)CC4)nc3Cl)c(C)cn2)cc1. The molecule has 1 aliphatic heterocycles. The molecule has 0 unspecified atom stereocenters. The molecule has 2 atom stereocenters. The van der Waals surface area contributed by atoms with E-state index in [1.807, 2.05) is 43.3 Å². The summed E-state index contributed by atoms with van der Waals surface area (Å²) in [5.41, 5.74) is 3.98. The largest absolute Gasteiger partial charge is 0.497 e. The molecule has 6 rings (SSSR count). The predicted molar refractivity (Wildman–Crippen MR) is 186 cm³/mol. The number of piperidine rings is 1. The lowest BCUT2D eigenvalue weighted by molar-refractivity contribution is 0.103. The number of rotatable bonds is 11. The third-order valence-corrected chi connectivity index (χ3v) is 10.2. The zero-order valence-electron chi connectivity index (χ0n) is 27.6. The van der Waals surface area contributed by atoms with Crippen LogP contribution in [0.1, 0.15) is 77.8 Å². The highest BCUT2D eigenvalue weighted by Crippen LogP contribution is 2.47. The van der Waals surface area contributed by atoms with E-state index >= 15 is 0 Å². The summed E-state index contributed by atoms with van der Waals surface area (Å²) in [5.74, 6) is 2.71. The number of benzene rings is 2. The number of nitrogens with zero attached hydrogens (tertiary/aromatic N) is 4. The third kappa shape index (κ3) is 7.21. The Balaban J connectivity index is 1.08. The molecule has 1 spiro atoms. The fourth-order valence-electron chi connectivity index (χ4n) is 7.06. The average Bonchev–Trinajstić information content (AvgIpc) is 3.48. The second kappa shape index (κ2) is 14.3. The molecule has 1 saturated heterocycles. The van der Waals surface area contributed by atoms with Crippen molar-refractivity contribution < 1.29 is 14.3 Å². The molecule has 0 radical (unpaired) electrons. The number of ether oxygens (including phenoxy) is 2. The Morgan fingerprint density at radius 3 is 2.34 bits per heavy atom. The van der Waals surface area contributed by atoms with Crippen LogP contribution in [0.2, 0.25) is 5.15 Å². The highest BCUT2D eigenvalue weighted by molar-refractivity contribution is 6.33. The number of ketones is 1. The number of carbonyl (C=O) groups is 1. The summed E-state index contributed by atoms with van der Waals surface area (Å²) in [4.78, 5) is 29.5. The summed E-state index contributed by atoms with van der Waals surface area (Å²) in [6.07, 6.45) is 9.18. The standard InChI is InChI=1S/C37H43ClN6O3/c1-24-21-39-32(40-22-26-7-11-28(46-3)12-8-26)20-30(24)35(45)34-36(38)43-33(23-41-34)44-18-16-37(17-19-44)15-5-6-31(37)42-25(2)27-9-13-29(47-4)14-10-27/h7-14,20-21,23,25,31,42H,5-6,15-19,22H2,1-4H3,(H,39,40)/t25-,31-/m1/s1. The number of methoxy groups -OCH3 is 2. The maximum Gasteiger partial charge on any atom is 0.214 e. The van der Waals surface area contributed by atoms with E-state index in [1.54, 1.807) is 32.7 Å². The second-order valence-electron chi connectivity index (χ2n) is 12.7. The van der Waals surface area contributed by atoms with E-state index in [2.05, 4.69) is 49.5 Å². The number of hydrogen-bond acceptors (Lipinski definition) is 9. The molecule has 3 heterocycles. The summed E-state index contributed by atoms with van der Waals surface area (Å²) in [6, 6.07) is 18.6. The van der Waals surface area contributed by atoms with Crippen LogP contribution >= 0.6 is 11.6 Å². The first kappa shape index (κ1) is 32.7. The topological polar surface area (TPSA) is 102 Å². The fourth-order valence-corrected chi connectivity index (χ4v) is 7.28. The minimum Gasteiger partial charge on any atom is -0.497 e. The Bertz CT molecular complexity index is 1690. The second-order valence-corrected chi connectivity index (χ2v) is 13.1. The molecule has 47 heavy (non-hydrogen) atoms. The van der Waals surface area contributed by atoms with Gasteiger partial charge in [-0.3, -0.25) is 4.79 Å². The minimum atomic E-state index is -0.273. The van der Waals surface area contributed by atoms with Gasteiger partial charge >= 0.3 is 0 Å². The number of aromatic nitrogens is 3. The molecule has 0 amide bonds. The average molecular weight is 655 g/mol. The normalized spacial score (nSPS) is 17.8. The Kier molecular flexibility index (Phi) is 9.94. The van der Waals surface area contributed by atoms with Crippen molar-refractivity contribution in [2.45, 2.75) is 64.6 Å². The van der Waals surface area contributed by atoms with Crippen LogP contribution in [0.15, 0.2) is 67.0 Å². The number of carbonyl (C=O) groups excluding carboxylic acids is 1. The van der Waals surface area contributed by atoms with Gasteiger partial charge in [-0.2, -0.15) is 0 Å². The van der Waals surface area contributed by atoms with Gasteiger partial charge in [0.05, 0.1) is 20.4 Å². The molecule has 1 aliphatic carbocycles. The van der Waals surface area contributed by atoms with Crippen LogP contribution in [0.3, 0.4) is 0 Å². The van der Waals surface area contributed by atoms with Gasteiger partial charge in [0.25, 0.3) is 0 Å². The number of nitrogens with one attached hydrogen (secondary N) is 2. The van der Waals surface area contributed by atoms with Crippen LogP contribution in [-0.4, -0.2) is 54.1 Å². The molecule has 2 aliphatic rings. The highest BCUT2D eigenvalue weighted by Gasteiger charge is 2.45. The number of hydrogen-bond donors (Lipinski definition) is 2. The molecular weight excluding hydrogens is 612 g/mol. The maximum atomic E-state index is 13.6. The van der Waals surface area contributed by atoms with Crippen LogP contribution in [0.25, 0.3) is 0 Å². The van der Waals surface area contributed by atoms with Crippen molar-refractivity contribution in [2.24, 2.45) is 5.41 Å². The van der Waals surface area contributed by atoms with Gasteiger partial charge in [-0.15, -0.1) is 0 Å². The van der Waals surface area contributed by atoms with Gasteiger partial charge in [-0.05, 0) is 92.0 Å². The van der Waals surface area contributed by atoms with Crippen LogP contribution in [0.5, 0.6) is 11.5 Å². The molecule has 9 nitrogen and oxygen atoms in total. The number of pyridine rings is 1. The van der Waals surface area contributed by atoms with E-state index in [4.69, 9.17) is 21.1 Å². The van der Waals surface area contributed by atoms with Crippen molar-refractivity contribution in [1.29, 1.82) is 0 Å². The zero-order chi connectivity index (χ0) is 33.0. The van der Waals surface area contributed by atoms with Gasteiger partial charge < -0.3 is 25.0 Å². The summed E-state index contributed by atoms with van der Waals surface area (Å²) in [7, 11) is 3.34. The van der Waals surface area contributed by atoms with E-state index in [0.29, 0.717) is 29.8 Å². The number of anilines is 2. The summed E-state index contributed by atoms with van der Waals surface area (Å²) in [5, 5.41) is 7.37. The van der Waals surface area contributed by atoms with E-state index < -0.39 is 0 Å². The molecule has 2 aromatic heterocycles. The number of halogens is 1. The molecule has 0 bridgehead atoms. The maximum absolute atomic E-state index is 13.6. The highest BCUT2D eigenvalue weighted by atomic mass is 35.5. The fraction of sp³-hybridized carbons (Fsp3) is 0.405. The van der Waals surface area contributed by atoms with Gasteiger partial charge in [0.2, 0.25) is 5.78 Å². The van der Waals surface area contributed by atoms with Crippen LogP contribution in [0, 0.1) is 12.3 Å². The van der Waals surface area contributed by atoms with Gasteiger partial charge in [0.15, 0.2) is 5.15 Å². The van der Waals surface area contributed by atoms with E-state index in [1.165, 1.54) is 24.8 Å². The van der Waals surface area contributed by atoms with Crippen LogP contribution in [0.4, 0.5) is 11.6 Å². The zero-order valence-corrected chi connectivity index (χ0v) is 28.3. The van der Waals surface area contributed by atoms with Crippen molar-refractivity contribution in [3.8, 4) is 11.5 Å². The molecule has 246 valence electrons. The van der Waals surface area contributed by atoms with Crippen molar-refractivity contribution in [3.05, 3.63) is 100 Å². The molecule has 1 saturated carbocycles. The summed E-state index contributed by atoms with van der Waals surface area (Å²) < 4.78 is 10.6. The van der Waals surface area contributed by atoms with Gasteiger partial charge in [-0.25, -0.2) is 15.0 Å². The van der Waals surface area contributed by atoms with E-state index in [9.17, 15) is 4.79 Å². The Morgan fingerprint density at radius 2 is 1.68 bits per heavy atom. The molecule has 4 aromatic rings. The van der Waals surface area contributed by atoms with Crippen molar-refractivity contribution >= 4 is 29.0 Å². The lowest BCUT2D eigenvalue weighted by atomic mass is 9.73. The van der Waals surface area contributed by atoms with Gasteiger partial charge in [0, 0.05) is 43.5 Å². The van der Waals surface area contributed by atoms with Crippen LogP contribution < -0.4 is 25.0 Å². The van der Waals surface area contributed by atoms with E-state index in [-0.39, 0.29) is 28.1 Å². The predicted octanol–water partition coefficient (Wildman–Crippen LogP) is 7.18. The van der Waals surface area contributed by atoms with Crippen LogP contribution in [-0.2, 0) is 6.54 Å². The molecule has 10 heteroatoms. The van der Waals surface area contributed by atoms with E-state index in [0.717, 1.165) is 48.6 Å². The lowest BCUT2D eigenvalue weighted by Gasteiger charge is -2.44. The van der Waals surface area contributed by atoms with Crippen molar-refractivity contribution in [1.82, 2.24) is 20.3 Å². The molecule has 2 N–H and O–H groups in total. The molecule has 2 fully saturated rings. The Hall–Kier alpha value is -4.21. The third-order valence-electron chi connectivity index (χ3n) is 9.97. The first-order valence-electron chi connectivity index (χ1n) is 16.3. The first-order valence-corrected chi connectivity index (χ1v) is 16.7. The summed E-state index contributed by atoms with van der Waals surface area (Å²) in [6.45, 7) is 6.41. The quantitative estimate of drug-likeness (QED) is 0.163. The monoisotopic (exact) mass is 654 g/mol. The Morgan fingerprint density at radius 1 is 1.00 bits per heavy atom. The van der Waals surface area contributed by atoms with Gasteiger partial charge in [0.1, 0.15) is 28.8 Å². The first-order chi connectivity index (χ1) is 22.8. The molecule has 2 aromatic carbocycles. The minimum absolute atomic E-state index is 0.116. The Labute approximate surface area is 282 Å². The van der Waals surface area contributed by atoms with Crippen molar-refractivity contribution in [3.63, 3.8) is 0 Å². The van der Waals surface area contributed by atoms with Crippen molar-refractivity contribution in [2.75, 3.05) is 37.5 Å². The smallest absolute Gasteiger partial charge is 0.214 e. The lowest BCUT2D eigenvalue weighted by Crippen LogP contribution is -2.49. The molecular formula is C37H43ClN6O3. The van der Waals surface area contributed by atoms with Gasteiger partial charge in [-0.1, -0.05) is 42.3 Å². The summed E-state index contributed by atoms with van der Waals surface area (Å²) >= 11 is 6.65.